The quantitative estimate of drug-likeness (QED) is 0.210. The average Bonchev–Trinajstić information content (AvgIpc) is 3.60. The highest BCUT2D eigenvalue weighted by atomic mass is 35.5. The number of nitrogens with zero attached hydrogens (tertiary/aromatic N) is 5. The normalized spacial score (nSPS) is 14.1. The van der Waals surface area contributed by atoms with Crippen molar-refractivity contribution in [2.75, 3.05) is 7.11 Å². The minimum absolute atomic E-state index is 0.206. The van der Waals surface area contributed by atoms with E-state index in [2.05, 4.69) is 39.3 Å². The Morgan fingerprint density at radius 3 is 2.69 bits per heavy atom. The molecule has 0 fully saturated rings. The van der Waals surface area contributed by atoms with Crippen molar-refractivity contribution < 1.29 is 28.8 Å². The van der Waals surface area contributed by atoms with Gasteiger partial charge in [0.15, 0.2) is 17.2 Å². The summed E-state index contributed by atoms with van der Waals surface area (Å²) in [5, 5.41) is 16.2. The Morgan fingerprint density at radius 1 is 1.31 bits per heavy atom. The van der Waals surface area contributed by atoms with Crippen LogP contribution < -0.4 is 16.3 Å². The maximum Gasteiger partial charge on any atom is 0.439 e. The van der Waals surface area contributed by atoms with Crippen LogP contribution in [0.3, 0.4) is 0 Å². The average molecular weight is 517 g/mol. The van der Waals surface area contributed by atoms with Crippen molar-refractivity contribution in [1.29, 1.82) is 0 Å². The number of aryl methyl sites for hydroxylation is 1. The molecule has 4 aromatic rings. The molecule has 5 rings (SSSR count). The van der Waals surface area contributed by atoms with E-state index in [1.54, 1.807) is 0 Å². The molecule has 1 amide bonds. The van der Waals surface area contributed by atoms with Crippen molar-refractivity contribution in [3.05, 3.63) is 63.2 Å². The number of nitrogens with one attached hydrogen (secondary N) is 2. The molecule has 0 unspecified atom stereocenters. The van der Waals surface area contributed by atoms with Crippen LogP contribution in [-0.2, 0) is 11.2 Å². The van der Waals surface area contributed by atoms with Crippen LogP contribution in [0.1, 0.15) is 55.2 Å². The van der Waals surface area contributed by atoms with Crippen molar-refractivity contribution in [3.8, 4) is 11.4 Å². The van der Waals surface area contributed by atoms with Crippen LogP contribution in [0.4, 0.5) is 0 Å². The van der Waals surface area contributed by atoms with Gasteiger partial charge in [-0.2, -0.15) is 9.50 Å². The summed E-state index contributed by atoms with van der Waals surface area (Å²) in [5.41, 5.74) is 7.61. The maximum atomic E-state index is 11.5. The fourth-order valence-corrected chi connectivity index (χ4v) is 3.79. The maximum absolute atomic E-state index is 11.5. The number of halogens is 1. The fraction of sp³-hybridized carbons (Fsp3) is 0.200. The Hall–Kier alpha value is -4.63. The number of hydrogen-bond donors (Lipinski definition) is 4. The zero-order valence-corrected chi connectivity index (χ0v) is 19.1. The molecule has 0 saturated carbocycles. The third-order valence-electron chi connectivity index (χ3n) is 5.21. The number of carbonyl (C=O) groups is 3. The first-order chi connectivity index (χ1) is 17.2. The molecule has 0 aliphatic heterocycles. The molecule has 1 aliphatic carbocycles. The summed E-state index contributed by atoms with van der Waals surface area (Å²) >= 11 is 5.67. The Labute approximate surface area is 205 Å². The SMILES string of the molecule is COC(=O)c1cc(C(=O)O)nc2nc(C(N)=O)nn12.O=c1[nH]c(-c2ccc3c(c2)CC[C@@H]3NCl)no1. The highest BCUT2D eigenvalue weighted by molar-refractivity contribution is 6.13. The zero-order valence-electron chi connectivity index (χ0n) is 18.4. The monoisotopic (exact) mass is 516 g/mol. The van der Waals surface area contributed by atoms with Gasteiger partial charge in [-0.3, -0.25) is 14.3 Å². The number of amides is 1. The van der Waals surface area contributed by atoms with Crippen LogP contribution in [0, 0.1) is 0 Å². The van der Waals surface area contributed by atoms with E-state index in [0.29, 0.717) is 5.82 Å². The molecule has 1 atom stereocenters. The molecule has 186 valence electrons. The smallest absolute Gasteiger partial charge is 0.439 e. The van der Waals surface area contributed by atoms with Gasteiger partial charge in [0, 0.05) is 17.7 Å². The van der Waals surface area contributed by atoms with Gasteiger partial charge in [-0.25, -0.2) is 24.2 Å². The number of aromatic amines is 1. The van der Waals surface area contributed by atoms with Gasteiger partial charge in [-0.05, 0) is 41.8 Å². The van der Waals surface area contributed by atoms with Crippen LogP contribution in [-0.4, -0.2) is 59.8 Å². The van der Waals surface area contributed by atoms with Crippen LogP contribution in [0.15, 0.2) is 33.6 Å². The Bertz CT molecular complexity index is 1540. The number of carboxylic acids is 1. The van der Waals surface area contributed by atoms with Gasteiger partial charge in [0.25, 0.3) is 11.7 Å². The first kappa shape index (κ1) is 24.5. The summed E-state index contributed by atoms with van der Waals surface area (Å²) in [5.74, 6) is -3.86. The predicted octanol–water partition coefficient (Wildman–Crippen LogP) is 0.469. The van der Waals surface area contributed by atoms with Crippen LogP contribution >= 0.6 is 11.8 Å². The Morgan fingerprint density at radius 2 is 2.08 bits per heavy atom. The minimum Gasteiger partial charge on any atom is -0.477 e. The Kier molecular flexibility index (Phi) is 6.75. The fourth-order valence-electron chi connectivity index (χ4n) is 3.56. The molecular weight excluding hydrogens is 500 g/mol. The molecule has 36 heavy (non-hydrogen) atoms. The lowest BCUT2D eigenvalue weighted by molar-refractivity contribution is 0.0590. The van der Waals surface area contributed by atoms with E-state index >= 15 is 0 Å². The molecule has 15 nitrogen and oxygen atoms in total. The minimum atomic E-state index is -1.36. The van der Waals surface area contributed by atoms with E-state index in [9.17, 15) is 19.2 Å². The van der Waals surface area contributed by atoms with Gasteiger partial charge in [-0.1, -0.05) is 17.3 Å². The molecule has 3 heterocycles. The summed E-state index contributed by atoms with van der Waals surface area (Å²) < 4.78 is 9.86. The molecule has 5 N–H and O–H groups in total. The second kappa shape index (κ2) is 9.93. The second-order valence-electron chi connectivity index (χ2n) is 7.39. The number of hydrogen-bond acceptors (Lipinski definition) is 11. The van der Waals surface area contributed by atoms with Crippen molar-refractivity contribution in [2.24, 2.45) is 5.73 Å². The predicted molar refractivity (Wildman–Crippen MR) is 120 cm³/mol. The summed E-state index contributed by atoms with van der Waals surface area (Å²) in [7, 11) is 1.11. The van der Waals surface area contributed by atoms with Gasteiger partial charge in [-0.15, -0.1) is 5.10 Å². The zero-order chi connectivity index (χ0) is 26.0. The molecule has 0 bridgehead atoms. The topological polar surface area (TPSA) is 221 Å². The standard InChI is InChI=1S/C11H10ClN3O2.C9H7N5O5/c12-14-9-4-2-6-5-7(1-3-8(6)9)10-13-11(16)17-15-10;1-19-8(18)4-2-3(7(16)17)11-9-12-6(5(10)15)13-14(4)9/h1,3,5,9,14H,2,4H2,(H,13,15,16);2H,1H3,(H2,10,15)(H,16,17)/t9-;/m0./s1. The summed E-state index contributed by atoms with van der Waals surface area (Å²) in [6, 6.07) is 7.08. The number of esters is 1. The number of carbonyl (C=O) groups excluding carboxylic acids is 2. The number of primary amides is 1. The number of carboxylic acid groups (broad SMARTS) is 1. The number of nitrogens with two attached hydrogens (primary N) is 1. The van der Waals surface area contributed by atoms with E-state index < -0.39 is 29.3 Å². The number of aromatic carboxylic acids is 1. The van der Waals surface area contributed by atoms with E-state index in [0.717, 1.165) is 36.1 Å². The number of benzene rings is 1. The number of methoxy groups -OCH3 is 1. The van der Waals surface area contributed by atoms with Gasteiger partial charge in [0.05, 0.1) is 7.11 Å². The van der Waals surface area contributed by atoms with Crippen molar-refractivity contribution in [1.82, 2.24) is 34.6 Å². The second-order valence-corrected chi connectivity index (χ2v) is 7.61. The van der Waals surface area contributed by atoms with Crippen LogP contribution in [0.2, 0.25) is 0 Å². The number of fused-ring (bicyclic) bond motifs is 2. The van der Waals surface area contributed by atoms with Gasteiger partial charge in [0.2, 0.25) is 5.82 Å². The van der Waals surface area contributed by atoms with Crippen molar-refractivity contribution in [3.63, 3.8) is 0 Å². The van der Waals surface area contributed by atoms with Gasteiger partial charge in [0.1, 0.15) is 0 Å². The summed E-state index contributed by atoms with van der Waals surface area (Å²) in [6.45, 7) is 0. The van der Waals surface area contributed by atoms with E-state index in [1.165, 1.54) is 11.1 Å². The third kappa shape index (κ3) is 4.77. The molecule has 3 aromatic heterocycles. The third-order valence-corrected chi connectivity index (χ3v) is 5.48. The molecule has 0 saturated heterocycles. The highest BCUT2D eigenvalue weighted by Gasteiger charge is 2.23. The largest absolute Gasteiger partial charge is 0.477 e. The van der Waals surface area contributed by atoms with E-state index in [1.807, 2.05) is 18.2 Å². The van der Waals surface area contributed by atoms with Crippen molar-refractivity contribution in [2.45, 2.75) is 18.9 Å². The summed E-state index contributed by atoms with van der Waals surface area (Å²) in [4.78, 5) is 56.8. The summed E-state index contributed by atoms with van der Waals surface area (Å²) in [6.07, 6.45) is 1.95. The lowest BCUT2D eigenvalue weighted by Gasteiger charge is -2.08. The molecule has 1 aliphatic rings. The van der Waals surface area contributed by atoms with Crippen molar-refractivity contribution >= 4 is 35.4 Å². The van der Waals surface area contributed by atoms with Gasteiger partial charge < -0.3 is 15.6 Å². The van der Waals surface area contributed by atoms with Gasteiger partial charge >= 0.3 is 17.7 Å². The molecule has 0 spiro atoms. The van der Waals surface area contributed by atoms with Crippen LogP contribution in [0.25, 0.3) is 17.2 Å². The highest BCUT2D eigenvalue weighted by Crippen LogP contribution is 2.33. The number of H-pyrrole nitrogens is 1. The molecular formula is C20H17ClN8O7. The molecule has 16 heteroatoms. The lowest BCUT2D eigenvalue weighted by atomic mass is 10.0. The Balaban J connectivity index is 0.000000170. The van der Waals surface area contributed by atoms with E-state index in [-0.39, 0.29) is 23.3 Å². The van der Waals surface area contributed by atoms with E-state index in [4.69, 9.17) is 22.6 Å². The first-order valence-corrected chi connectivity index (χ1v) is 10.5. The van der Waals surface area contributed by atoms with Crippen LogP contribution in [0.5, 0.6) is 0 Å². The molecule has 0 radical (unpaired) electrons. The molecule has 1 aromatic carbocycles. The number of ether oxygens (including phenoxy) is 1. The number of aromatic nitrogens is 6. The first-order valence-electron chi connectivity index (χ1n) is 10.2. The number of rotatable bonds is 5. The lowest BCUT2D eigenvalue weighted by Crippen LogP contribution is -2.15.